The molecule has 0 bridgehead atoms. The van der Waals surface area contributed by atoms with Gasteiger partial charge in [0.15, 0.2) is 5.96 Å². The van der Waals surface area contributed by atoms with E-state index in [0.717, 1.165) is 56.4 Å². The molecule has 1 amide bonds. The molecule has 3 N–H and O–H groups in total. The van der Waals surface area contributed by atoms with Crippen molar-refractivity contribution in [2.24, 2.45) is 10.9 Å². The van der Waals surface area contributed by atoms with Crippen LogP contribution in [-0.4, -0.2) is 38.2 Å². The van der Waals surface area contributed by atoms with Crippen molar-refractivity contribution in [1.29, 1.82) is 0 Å². The molecule has 6 nitrogen and oxygen atoms in total. The first-order valence-corrected chi connectivity index (χ1v) is 9.56. The number of ether oxygens (including phenoxy) is 1. The number of nitrogens with zero attached hydrogens (tertiary/aromatic N) is 1. The highest BCUT2D eigenvalue weighted by Crippen LogP contribution is 2.11. The smallest absolute Gasteiger partial charge is 0.226 e. The van der Waals surface area contributed by atoms with Gasteiger partial charge in [0.1, 0.15) is 0 Å². The minimum atomic E-state index is -0.0263. The molecule has 0 aliphatic rings. The molecule has 0 heterocycles. The summed E-state index contributed by atoms with van der Waals surface area (Å²) < 4.78 is 5.34. The monoisotopic (exact) mass is 362 g/mol. The fourth-order valence-corrected chi connectivity index (χ4v) is 2.17. The van der Waals surface area contributed by atoms with Crippen LogP contribution in [0.15, 0.2) is 29.3 Å². The highest BCUT2D eigenvalue weighted by molar-refractivity contribution is 5.92. The number of amides is 1. The molecule has 0 fully saturated rings. The summed E-state index contributed by atoms with van der Waals surface area (Å²) in [6.07, 6.45) is 2.10. The summed E-state index contributed by atoms with van der Waals surface area (Å²) in [5.74, 6) is 0.821. The molecule has 0 aliphatic carbocycles. The zero-order chi connectivity index (χ0) is 19.2. The number of aliphatic imine (C=N–C) groups is 1. The van der Waals surface area contributed by atoms with E-state index in [1.165, 1.54) is 0 Å². The minimum Gasteiger partial charge on any atom is -0.382 e. The van der Waals surface area contributed by atoms with E-state index in [1.54, 1.807) is 0 Å². The van der Waals surface area contributed by atoms with Gasteiger partial charge < -0.3 is 20.7 Å². The van der Waals surface area contributed by atoms with E-state index in [1.807, 2.05) is 45.0 Å². The molecule has 146 valence electrons. The summed E-state index contributed by atoms with van der Waals surface area (Å²) in [5.41, 5.74) is 1.91. The first-order valence-electron chi connectivity index (χ1n) is 9.56. The SMILES string of the molecule is CCNC(=NCc1ccc(NC(=O)C(C)C)cc1)NCCCCOCC. The van der Waals surface area contributed by atoms with Gasteiger partial charge in [0.05, 0.1) is 6.54 Å². The Kier molecular flexibility index (Phi) is 11.1. The largest absolute Gasteiger partial charge is 0.382 e. The molecule has 0 spiro atoms. The first-order chi connectivity index (χ1) is 12.6. The van der Waals surface area contributed by atoms with Gasteiger partial charge in [-0.05, 0) is 44.4 Å². The zero-order valence-corrected chi connectivity index (χ0v) is 16.6. The maximum Gasteiger partial charge on any atom is 0.226 e. The third kappa shape index (κ3) is 9.42. The van der Waals surface area contributed by atoms with Crippen LogP contribution >= 0.6 is 0 Å². The highest BCUT2D eigenvalue weighted by Gasteiger charge is 2.06. The number of unbranched alkanes of at least 4 members (excludes halogenated alkanes) is 1. The minimum absolute atomic E-state index is 0.0263. The lowest BCUT2D eigenvalue weighted by molar-refractivity contribution is -0.118. The van der Waals surface area contributed by atoms with Crippen molar-refractivity contribution < 1.29 is 9.53 Å². The number of carbonyl (C=O) groups is 1. The third-order valence-corrected chi connectivity index (χ3v) is 3.72. The van der Waals surface area contributed by atoms with E-state index in [4.69, 9.17) is 4.74 Å². The number of anilines is 1. The number of carbonyl (C=O) groups excluding carboxylic acids is 1. The van der Waals surface area contributed by atoms with Crippen molar-refractivity contribution in [3.8, 4) is 0 Å². The fourth-order valence-electron chi connectivity index (χ4n) is 2.17. The Balaban J connectivity index is 2.46. The van der Waals surface area contributed by atoms with E-state index < -0.39 is 0 Å². The first kappa shape index (κ1) is 22.0. The normalized spacial score (nSPS) is 11.5. The van der Waals surface area contributed by atoms with Crippen molar-refractivity contribution in [2.45, 2.75) is 47.1 Å². The van der Waals surface area contributed by atoms with Crippen LogP contribution in [0.1, 0.15) is 46.1 Å². The molecule has 1 rings (SSSR count). The molecular weight excluding hydrogens is 328 g/mol. The van der Waals surface area contributed by atoms with Gasteiger partial charge in [-0.2, -0.15) is 0 Å². The Morgan fingerprint density at radius 1 is 1.12 bits per heavy atom. The maximum absolute atomic E-state index is 11.7. The van der Waals surface area contributed by atoms with Crippen molar-refractivity contribution in [1.82, 2.24) is 10.6 Å². The lowest BCUT2D eigenvalue weighted by Gasteiger charge is -2.11. The Morgan fingerprint density at radius 2 is 1.85 bits per heavy atom. The number of nitrogens with one attached hydrogen (secondary N) is 3. The second-order valence-electron chi connectivity index (χ2n) is 6.37. The number of guanidine groups is 1. The summed E-state index contributed by atoms with van der Waals surface area (Å²) in [5, 5.41) is 9.49. The summed E-state index contributed by atoms with van der Waals surface area (Å²) in [6.45, 7) is 11.7. The van der Waals surface area contributed by atoms with Crippen LogP contribution in [0.3, 0.4) is 0 Å². The number of rotatable bonds is 11. The molecular formula is C20H34N4O2. The van der Waals surface area contributed by atoms with Crippen LogP contribution in [0, 0.1) is 5.92 Å². The summed E-state index contributed by atoms with van der Waals surface area (Å²) in [4.78, 5) is 16.3. The Hall–Kier alpha value is -2.08. The van der Waals surface area contributed by atoms with Gasteiger partial charge >= 0.3 is 0 Å². The van der Waals surface area contributed by atoms with E-state index in [0.29, 0.717) is 6.54 Å². The number of benzene rings is 1. The Morgan fingerprint density at radius 3 is 2.46 bits per heavy atom. The average Bonchev–Trinajstić information content (AvgIpc) is 2.63. The van der Waals surface area contributed by atoms with E-state index in [9.17, 15) is 4.79 Å². The second-order valence-corrected chi connectivity index (χ2v) is 6.37. The van der Waals surface area contributed by atoms with Crippen molar-refractivity contribution in [3.63, 3.8) is 0 Å². The van der Waals surface area contributed by atoms with Crippen molar-refractivity contribution in [2.75, 3.05) is 31.6 Å². The molecule has 0 radical (unpaired) electrons. The Labute approximate surface area is 157 Å². The third-order valence-electron chi connectivity index (χ3n) is 3.72. The summed E-state index contributed by atoms with van der Waals surface area (Å²) in [6, 6.07) is 7.81. The van der Waals surface area contributed by atoms with Crippen molar-refractivity contribution in [3.05, 3.63) is 29.8 Å². The molecule has 1 aromatic rings. The van der Waals surface area contributed by atoms with Gasteiger partial charge in [0, 0.05) is 37.9 Å². The lowest BCUT2D eigenvalue weighted by Crippen LogP contribution is -2.37. The van der Waals surface area contributed by atoms with Gasteiger partial charge in [-0.25, -0.2) is 4.99 Å². The predicted octanol–water partition coefficient (Wildman–Crippen LogP) is 3.15. The molecule has 0 saturated heterocycles. The molecule has 6 heteroatoms. The zero-order valence-electron chi connectivity index (χ0n) is 16.6. The van der Waals surface area contributed by atoms with Gasteiger partial charge in [-0.1, -0.05) is 26.0 Å². The molecule has 0 aromatic heterocycles. The predicted molar refractivity (Wildman–Crippen MR) is 108 cm³/mol. The summed E-state index contributed by atoms with van der Waals surface area (Å²) >= 11 is 0. The quantitative estimate of drug-likeness (QED) is 0.321. The molecule has 0 saturated carbocycles. The topological polar surface area (TPSA) is 74.8 Å². The lowest BCUT2D eigenvalue weighted by atomic mass is 10.2. The Bertz CT molecular complexity index is 541. The van der Waals surface area contributed by atoms with Gasteiger partial charge in [-0.3, -0.25) is 4.79 Å². The molecule has 1 aromatic carbocycles. The summed E-state index contributed by atoms with van der Waals surface area (Å²) in [7, 11) is 0. The van der Waals surface area contributed by atoms with E-state index >= 15 is 0 Å². The number of hydrogen-bond acceptors (Lipinski definition) is 3. The van der Waals surface area contributed by atoms with Crippen LogP contribution in [-0.2, 0) is 16.1 Å². The maximum atomic E-state index is 11.7. The van der Waals surface area contributed by atoms with Gasteiger partial charge in [0.25, 0.3) is 0 Å². The van der Waals surface area contributed by atoms with Crippen LogP contribution in [0.4, 0.5) is 5.69 Å². The van der Waals surface area contributed by atoms with Crippen LogP contribution < -0.4 is 16.0 Å². The van der Waals surface area contributed by atoms with Crippen LogP contribution in [0.25, 0.3) is 0 Å². The fraction of sp³-hybridized carbons (Fsp3) is 0.600. The molecule has 0 aliphatic heterocycles. The van der Waals surface area contributed by atoms with Crippen LogP contribution in [0.5, 0.6) is 0 Å². The molecule has 26 heavy (non-hydrogen) atoms. The standard InChI is InChI=1S/C20H34N4O2/c1-5-21-20(22-13-7-8-14-26-6-2)23-15-17-9-11-18(12-10-17)24-19(25)16(3)4/h9-12,16H,5-8,13-15H2,1-4H3,(H,24,25)(H2,21,22,23). The van der Waals surface area contributed by atoms with Gasteiger partial charge in [-0.15, -0.1) is 0 Å². The van der Waals surface area contributed by atoms with E-state index in [-0.39, 0.29) is 11.8 Å². The van der Waals surface area contributed by atoms with E-state index in [2.05, 4.69) is 27.9 Å². The van der Waals surface area contributed by atoms with Crippen LogP contribution in [0.2, 0.25) is 0 Å². The molecule has 0 atom stereocenters. The molecule has 0 unspecified atom stereocenters. The van der Waals surface area contributed by atoms with Crippen molar-refractivity contribution >= 4 is 17.6 Å². The second kappa shape index (κ2) is 13.2. The van der Waals surface area contributed by atoms with Gasteiger partial charge in [0.2, 0.25) is 5.91 Å². The number of hydrogen-bond donors (Lipinski definition) is 3. The highest BCUT2D eigenvalue weighted by atomic mass is 16.5. The average molecular weight is 363 g/mol.